The van der Waals surface area contributed by atoms with Gasteiger partial charge in [0.15, 0.2) is 11.5 Å². The fourth-order valence-electron chi connectivity index (χ4n) is 3.49. The Morgan fingerprint density at radius 3 is 2.52 bits per heavy atom. The van der Waals surface area contributed by atoms with Crippen molar-refractivity contribution in [3.05, 3.63) is 17.8 Å². The number of hydrogen-bond donors (Lipinski definition) is 2. The Morgan fingerprint density at radius 2 is 1.96 bits per heavy atom. The summed E-state index contributed by atoms with van der Waals surface area (Å²) < 4.78 is 27.6. The van der Waals surface area contributed by atoms with E-state index in [1.165, 1.54) is 0 Å². The minimum Gasteiger partial charge on any atom is -0.364 e. The van der Waals surface area contributed by atoms with Crippen LogP contribution in [0.25, 0.3) is 0 Å². The number of aromatic nitrogens is 2. The molecule has 0 bridgehead atoms. The molecular weight excluding hydrogens is 348 g/mol. The summed E-state index contributed by atoms with van der Waals surface area (Å²) in [5.74, 6) is -2.19. The molecule has 1 amide bonds. The number of likely N-dealkylation sites (tertiary alicyclic amines) is 1. The second-order valence-electron chi connectivity index (χ2n) is 6.87. The molecule has 3 rings (SSSR count). The molecule has 138 valence electrons. The molecule has 2 saturated heterocycles. The second kappa shape index (κ2) is 7.41. The van der Waals surface area contributed by atoms with Crippen molar-refractivity contribution in [2.75, 3.05) is 37.6 Å². The van der Waals surface area contributed by atoms with Gasteiger partial charge < -0.3 is 10.6 Å². The number of alkyl halides is 2. The first-order valence-corrected chi connectivity index (χ1v) is 9.03. The quantitative estimate of drug-likeness (QED) is 0.784. The lowest BCUT2D eigenvalue weighted by Gasteiger charge is -2.40. The highest BCUT2D eigenvalue weighted by atomic mass is 32.1. The topological polar surface area (TPSA) is 75.4 Å². The van der Waals surface area contributed by atoms with Gasteiger partial charge in [-0.1, -0.05) is 0 Å². The molecule has 2 aliphatic rings. The first-order chi connectivity index (χ1) is 11.8. The van der Waals surface area contributed by atoms with Gasteiger partial charge in [0.1, 0.15) is 0 Å². The van der Waals surface area contributed by atoms with E-state index < -0.39 is 17.1 Å². The van der Waals surface area contributed by atoms with Gasteiger partial charge in [-0.25, -0.2) is 8.78 Å². The van der Waals surface area contributed by atoms with Gasteiger partial charge >= 0.3 is 0 Å². The lowest BCUT2D eigenvalue weighted by molar-refractivity contribution is -0.0610. The van der Waals surface area contributed by atoms with Crippen molar-refractivity contribution in [3.8, 4) is 0 Å². The van der Waals surface area contributed by atoms with Crippen LogP contribution >= 0.6 is 12.6 Å². The number of halogens is 2. The smallest absolute Gasteiger partial charge is 0.271 e. The van der Waals surface area contributed by atoms with E-state index in [0.29, 0.717) is 31.2 Å². The van der Waals surface area contributed by atoms with E-state index in [2.05, 4.69) is 27.7 Å². The molecule has 0 aromatic carbocycles. The molecule has 2 aliphatic heterocycles. The monoisotopic (exact) mass is 371 g/mol. The maximum atomic E-state index is 13.8. The van der Waals surface area contributed by atoms with Crippen LogP contribution in [0, 0.1) is 5.92 Å². The number of rotatable bonds is 4. The maximum Gasteiger partial charge on any atom is 0.271 e. The number of carbonyl (C=O) groups excluding carboxylic acids is 1. The Bertz CT molecular complexity index is 607. The van der Waals surface area contributed by atoms with Gasteiger partial charge in [-0.15, -0.1) is 10.2 Å². The number of primary amides is 1. The molecule has 2 fully saturated rings. The van der Waals surface area contributed by atoms with E-state index in [1.54, 1.807) is 12.1 Å². The van der Waals surface area contributed by atoms with Crippen LogP contribution < -0.4 is 10.6 Å². The molecule has 0 spiro atoms. The van der Waals surface area contributed by atoms with Crippen molar-refractivity contribution >= 4 is 24.4 Å². The number of anilines is 1. The van der Waals surface area contributed by atoms with Crippen molar-refractivity contribution in [2.45, 2.75) is 30.4 Å². The highest BCUT2D eigenvalue weighted by Crippen LogP contribution is 2.32. The van der Waals surface area contributed by atoms with E-state index in [0.717, 1.165) is 25.9 Å². The summed E-state index contributed by atoms with van der Waals surface area (Å²) in [6.45, 7) is 2.80. The summed E-state index contributed by atoms with van der Waals surface area (Å²) in [4.78, 5) is 15.0. The van der Waals surface area contributed by atoms with Crippen molar-refractivity contribution in [2.24, 2.45) is 11.7 Å². The van der Waals surface area contributed by atoms with E-state index in [1.807, 2.05) is 4.90 Å². The SMILES string of the molecule is NC(=O)c1ccc(N2CCC(CN3CCC(S)C(F)(F)C3)CC2)nn1. The molecule has 1 atom stereocenters. The lowest BCUT2D eigenvalue weighted by atomic mass is 9.95. The third kappa shape index (κ3) is 4.38. The fourth-order valence-corrected chi connectivity index (χ4v) is 3.69. The standard InChI is InChI=1S/C16H23F2N5OS/c17-16(18)10-22(6-5-13(16)25)9-11-3-7-23(8-4-11)14-2-1-12(15(19)24)20-21-14/h1-2,11,13,25H,3-10H2,(H2,19,24). The van der Waals surface area contributed by atoms with Crippen LogP contribution in [0.2, 0.25) is 0 Å². The van der Waals surface area contributed by atoms with Crippen molar-refractivity contribution in [3.63, 3.8) is 0 Å². The molecule has 0 radical (unpaired) electrons. The Labute approximate surface area is 151 Å². The normalized spacial score (nSPS) is 25.1. The van der Waals surface area contributed by atoms with Gasteiger partial charge in [-0.3, -0.25) is 9.69 Å². The molecule has 1 aromatic rings. The van der Waals surface area contributed by atoms with E-state index in [9.17, 15) is 13.6 Å². The number of carbonyl (C=O) groups is 1. The Balaban J connectivity index is 1.49. The Kier molecular flexibility index (Phi) is 5.43. The largest absolute Gasteiger partial charge is 0.364 e. The van der Waals surface area contributed by atoms with Gasteiger partial charge in [0.2, 0.25) is 0 Å². The van der Waals surface area contributed by atoms with Gasteiger partial charge in [-0.05, 0) is 43.9 Å². The summed E-state index contributed by atoms with van der Waals surface area (Å²) in [5.41, 5.74) is 5.30. The van der Waals surface area contributed by atoms with Gasteiger partial charge in [0.25, 0.3) is 11.8 Å². The Hall–Kier alpha value is -1.48. The summed E-state index contributed by atoms with van der Waals surface area (Å²) in [7, 11) is 0. The molecule has 3 heterocycles. The zero-order valence-corrected chi connectivity index (χ0v) is 14.8. The molecule has 1 aromatic heterocycles. The zero-order chi connectivity index (χ0) is 18.0. The van der Waals surface area contributed by atoms with E-state index in [4.69, 9.17) is 5.73 Å². The van der Waals surface area contributed by atoms with Crippen LogP contribution in [0.4, 0.5) is 14.6 Å². The van der Waals surface area contributed by atoms with Crippen LogP contribution in [0.3, 0.4) is 0 Å². The van der Waals surface area contributed by atoms with E-state index >= 15 is 0 Å². The minimum absolute atomic E-state index is 0.146. The van der Waals surface area contributed by atoms with Gasteiger partial charge in [0.05, 0.1) is 11.8 Å². The molecular formula is C16H23F2N5OS. The zero-order valence-electron chi connectivity index (χ0n) is 13.9. The van der Waals surface area contributed by atoms with Crippen molar-refractivity contribution in [1.82, 2.24) is 15.1 Å². The van der Waals surface area contributed by atoms with Gasteiger partial charge in [0, 0.05) is 19.6 Å². The number of nitrogens with two attached hydrogens (primary N) is 1. The summed E-state index contributed by atoms with van der Waals surface area (Å²) in [5, 5.41) is 7.05. The van der Waals surface area contributed by atoms with Gasteiger partial charge in [-0.2, -0.15) is 12.6 Å². The minimum atomic E-state index is -2.71. The third-order valence-electron chi connectivity index (χ3n) is 5.00. The highest BCUT2D eigenvalue weighted by molar-refractivity contribution is 7.81. The van der Waals surface area contributed by atoms with Crippen LogP contribution in [0.1, 0.15) is 29.8 Å². The first-order valence-electron chi connectivity index (χ1n) is 8.52. The van der Waals surface area contributed by atoms with E-state index in [-0.39, 0.29) is 12.2 Å². The average Bonchev–Trinajstić information content (AvgIpc) is 2.59. The molecule has 6 nitrogen and oxygen atoms in total. The molecule has 1 unspecified atom stereocenters. The molecule has 2 N–H and O–H groups in total. The van der Waals surface area contributed by atoms with Crippen LogP contribution in [-0.2, 0) is 0 Å². The molecule has 0 saturated carbocycles. The number of thiol groups is 1. The fraction of sp³-hybridized carbons (Fsp3) is 0.688. The lowest BCUT2D eigenvalue weighted by Crippen LogP contribution is -2.51. The Morgan fingerprint density at radius 1 is 1.24 bits per heavy atom. The number of hydrogen-bond acceptors (Lipinski definition) is 6. The summed E-state index contributed by atoms with van der Waals surface area (Å²) in [6, 6.07) is 3.31. The maximum absolute atomic E-state index is 13.8. The van der Waals surface area contributed by atoms with Crippen LogP contribution in [0.15, 0.2) is 12.1 Å². The average molecular weight is 371 g/mol. The predicted octanol–water partition coefficient (Wildman–Crippen LogP) is 1.43. The predicted molar refractivity (Wildman–Crippen MR) is 94.3 cm³/mol. The third-order valence-corrected chi connectivity index (χ3v) is 5.63. The molecule has 0 aliphatic carbocycles. The number of amides is 1. The molecule has 9 heteroatoms. The summed E-state index contributed by atoms with van der Waals surface area (Å²) in [6.07, 6.45) is 2.27. The second-order valence-corrected chi connectivity index (χ2v) is 7.50. The highest BCUT2D eigenvalue weighted by Gasteiger charge is 2.42. The number of nitrogens with zero attached hydrogens (tertiary/aromatic N) is 4. The van der Waals surface area contributed by atoms with Crippen molar-refractivity contribution in [1.29, 1.82) is 0 Å². The number of piperidine rings is 2. The van der Waals surface area contributed by atoms with Crippen molar-refractivity contribution < 1.29 is 13.6 Å². The first kappa shape index (κ1) is 18.3. The summed E-state index contributed by atoms with van der Waals surface area (Å²) >= 11 is 4.00. The van der Waals surface area contributed by atoms with Crippen LogP contribution in [-0.4, -0.2) is 64.9 Å². The van der Waals surface area contributed by atoms with Crippen LogP contribution in [0.5, 0.6) is 0 Å². The molecule has 25 heavy (non-hydrogen) atoms.